The van der Waals surface area contributed by atoms with Gasteiger partial charge in [-0.2, -0.15) is 5.10 Å². The molecule has 0 aliphatic heterocycles. The fraction of sp³-hybridized carbons (Fsp3) is 0.500. The number of aromatic nitrogens is 2. The quantitative estimate of drug-likeness (QED) is 0.431. The van der Waals surface area contributed by atoms with E-state index in [0.29, 0.717) is 0 Å². The van der Waals surface area contributed by atoms with Crippen LogP contribution in [0.4, 0.5) is 0 Å². The summed E-state index contributed by atoms with van der Waals surface area (Å²) in [5.41, 5.74) is 0. The van der Waals surface area contributed by atoms with E-state index in [-0.39, 0.29) is 16.6 Å². The molecule has 0 aliphatic carbocycles. The molecule has 10 heteroatoms. The SMILES string of the molecule is COC(=O)C(I)CNS(=O)(=O)c1c(Cl)cnn1C. The number of aryl methyl sites for hydroxylation is 1. The van der Waals surface area contributed by atoms with Crippen molar-refractivity contribution in [2.75, 3.05) is 13.7 Å². The molecule has 18 heavy (non-hydrogen) atoms. The van der Waals surface area contributed by atoms with E-state index in [0.717, 1.165) is 4.68 Å². The first-order valence-corrected chi connectivity index (χ1v) is 7.79. The summed E-state index contributed by atoms with van der Waals surface area (Å²) in [5, 5.41) is 3.61. The number of hydrogen-bond acceptors (Lipinski definition) is 5. The van der Waals surface area contributed by atoms with Gasteiger partial charge >= 0.3 is 5.97 Å². The molecule has 102 valence electrons. The average Bonchev–Trinajstić information content (AvgIpc) is 2.65. The molecule has 1 aromatic heterocycles. The molecule has 1 N–H and O–H groups in total. The number of esters is 1. The van der Waals surface area contributed by atoms with Crippen molar-refractivity contribution in [1.82, 2.24) is 14.5 Å². The number of alkyl halides is 1. The summed E-state index contributed by atoms with van der Waals surface area (Å²) < 4.78 is 31.2. The van der Waals surface area contributed by atoms with Gasteiger partial charge in [0.15, 0.2) is 5.03 Å². The average molecular weight is 408 g/mol. The summed E-state index contributed by atoms with van der Waals surface area (Å²) in [4.78, 5) is 11.1. The lowest BCUT2D eigenvalue weighted by atomic mass is 10.4. The number of sulfonamides is 1. The molecule has 1 atom stereocenters. The molecular formula is C8H11ClIN3O4S. The highest BCUT2D eigenvalue weighted by Crippen LogP contribution is 2.19. The van der Waals surface area contributed by atoms with Gasteiger partial charge in [0, 0.05) is 13.6 Å². The molecule has 0 saturated carbocycles. The van der Waals surface area contributed by atoms with Crippen LogP contribution in [0.2, 0.25) is 5.02 Å². The van der Waals surface area contributed by atoms with E-state index >= 15 is 0 Å². The number of rotatable bonds is 5. The lowest BCUT2D eigenvalue weighted by Crippen LogP contribution is -2.34. The van der Waals surface area contributed by atoms with Crippen LogP contribution >= 0.6 is 34.2 Å². The van der Waals surface area contributed by atoms with Gasteiger partial charge in [0.1, 0.15) is 3.92 Å². The summed E-state index contributed by atoms with van der Waals surface area (Å²) in [7, 11) is -1.11. The van der Waals surface area contributed by atoms with E-state index in [1.54, 1.807) is 22.6 Å². The van der Waals surface area contributed by atoms with Crippen molar-refractivity contribution in [2.24, 2.45) is 7.05 Å². The molecule has 0 aliphatic rings. The Hall–Kier alpha value is -0.390. The molecule has 7 nitrogen and oxygen atoms in total. The monoisotopic (exact) mass is 407 g/mol. The molecular weight excluding hydrogens is 397 g/mol. The van der Waals surface area contributed by atoms with Crippen LogP contribution in [-0.2, 0) is 26.6 Å². The number of nitrogens with zero attached hydrogens (tertiary/aromatic N) is 2. The van der Waals surface area contributed by atoms with Gasteiger partial charge in [-0.05, 0) is 0 Å². The maximum atomic E-state index is 11.9. The van der Waals surface area contributed by atoms with Crippen molar-refractivity contribution in [3.63, 3.8) is 0 Å². The fourth-order valence-electron chi connectivity index (χ4n) is 1.16. The molecule has 0 aromatic carbocycles. The van der Waals surface area contributed by atoms with E-state index in [1.807, 2.05) is 0 Å². The third-order valence-corrected chi connectivity index (χ3v) is 4.88. The van der Waals surface area contributed by atoms with Crippen LogP contribution in [0.5, 0.6) is 0 Å². The zero-order valence-electron chi connectivity index (χ0n) is 9.55. The highest BCUT2D eigenvalue weighted by molar-refractivity contribution is 14.1. The lowest BCUT2D eigenvalue weighted by molar-refractivity contribution is -0.139. The topological polar surface area (TPSA) is 90.3 Å². The van der Waals surface area contributed by atoms with Crippen LogP contribution in [-0.4, -0.2) is 41.7 Å². The zero-order valence-corrected chi connectivity index (χ0v) is 13.3. The maximum Gasteiger partial charge on any atom is 0.319 e. The van der Waals surface area contributed by atoms with Crippen LogP contribution in [0.3, 0.4) is 0 Å². The number of halogens is 2. The van der Waals surface area contributed by atoms with Gasteiger partial charge in [0.2, 0.25) is 0 Å². The molecule has 0 saturated heterocycles. The van der Waals surface area contributed by atoms with Gasteiger partial charge in [0.05, 0.1) is 18.3 Å². The summed E-state index contributed by atoms with van der Waals surface area (Å²) >= 11 is 7.52. The van der Waals surface area contributed by atoms with Gasteiger partial charge in [-0.15, -0.1) is 0 Å². The summed E-state index contributed by atoms with van der Waals surface area (Å²) in [6, 6.07) is 0. The van der Waals surface area contributed by atoms with Crippen LogP contribution in [0.15, 0.2) is 11.2 Å². The lowest BCUT2D eigenvalue weighted by Gasteiger charge is -2.10. The largest absolute Gasteiger partial charge is 0.468 e. The van der Waals surface area contributed by atoms with Crippen molar-refractivity contribution >= 4 is 50.2 Å². The van der Waals surface area contributed by atoms with Crippen LogP contribution < -0.4 is 4.72 Å². The van der Waals surface area contributed by atoms with Crippen molar-refractivity contribution < 1.29 is 17.9 Å². The van der Waals surface area contributed by atoms with Crippen molar-refractivity contribution in [3.05, 3.63) is 11.2 Å². The molecule has 1 heterocycles. The Kier molecular flexibility index (Phi) is 5.37. The molecule has 0 fully saturated rings. The molecule has 0 amide bonds. The van der Waals surface area contributed by atoms with Gasteiger partial charge in [-0.25, -0.2) is 13.1 Å². The van der Waals surface area contributed by atoms with E-state index in [1.165, 1.54) is 20.4 Å². The van der Waals surface area contributed by atoms with Gasteiger partial charge in [-0.1, -0.05) is 34.2 Å². The Balaban J connectivity index is 2.81. The third-order valence-electron chi connectivity index (χ3n) is 2.01. The van der Waals surface area contributed by atoms with Crippen LogP contribution in [0.25, 0.3) is 0 Å². The molecule has 1 unspecified atom stereocenters. The van der Waals surface area contributed by atoms with Gasteiger partial charge in [-0.3, -0.25) is 9.48 Å². The van der Waals surface area contributed by atoms with Crippen molar-refractivity contribution in [3.8, 4) is 0 Å². The normalized spacial score (nSPS) is 13.3. The first-order chi connectivity index (χ1) is 8.29. The van der Waals surface area contributed by atoms with E-state index in [4.69, 9.17) is 11.6 Å². The highest BCUT2D eigenvalue weighted by Gasteiger charge is 2.25. The van der Waals surface area contributed by atoms with Crippen molar-refractivity contribution in [1.29, 1.82) is 0 Å². The smallest absolute Gasteiger partial charge is 0.319 e. The molecule has 0 spiro atoms. The second-order valence-electron chi connectivity index (χ2n) is 3.26. The van der Waals surface area contributed by atoms with Gasteiger partial charge < -0.3 is 4.74 Å². The van der Waals surface area contributed by atoms with E-state index in [9.17, 15) is 13.2 Å². The maximum absolute atomic E-state index is 11.9. The van der Waals surface area contributed by atoms with Crippen LogP contribution in [0.1, 0.15) is 0 Å². The molecule has 1 aromatic rings. The van der Waals surface area contributed by atoms with Crippen molar-refractivity contribution in [2.45, 2.75) is 8.95 Å². The van der Waals surface area contributed by atoms with Crippen LogP contribution in [0, 0.1) is 0 Å². The second-order valence-corrected chi connectivity index (χ2v) is 6.86. The number of carbonyl (C=O) groups excluding carboxylic acids is 1. The third kappa shape index (κ3) is 3.56. The summed E-state index contributed by atoms with van der Waals surface area (Å²) in [5.74, 6) is -0.505. The van der Waals surface area contributed by atoms with E-state index in [2.05, 4.69) is 14.6 Å². The summed E-state index contributed by atoms with van der Waals surface area (Å²) in [6.45, 7) is -0.0862. The standard InChI is InChI=1S/C8H11ClIN3O4S/c1-13-7(5(9)3-11-13)18(15,16)12-4-6(10)8(14)17-2/h3,6,12H,4H2,1-2H3. The Morgan fingerprint density at radius 1 is 1.72 bits per heavy atom. The molecule has 0 bridgehead atoms. The number of methoxy groups -OCH3 is 1. The summed E-state index contributed by atoms with van der Waals surface area (Å²) in [6.07, 6.45) is 1.23. The Labute approximate surface area is 123 Å². The highest BCUT2D eigenvalue weighted by atomic mass is 127. The predicted molar refractivity (Wildman–Crippen MR) is 73.2 cm³/mol. The first-order valence-electron chi connectivity index (χ1n) is 4.68. The van der Waals surface area contributed by atoms with E-state index < -0.39 is 19.9 Å². The number of carbonyl (C=O) groups is 1. The molecule has 1 rings (SSSR count). The number of hydrogen-bond donors (Lipinski definition) is 1. The first kappa shape index (κ1) is 15.7. The minimum atomic E-state index is -3.81. The number of nitrogens with one attached hydrogen (secondary N) is 1. The minimum Gasteiger partial charge on any atom is -0.468 e. The Morgan fingerprint density at radius 2 is 2.33 bits per heavy atom. The fourth-order valence-corrected chi connectivity index (χ4v) is 3.64. The Morgan fingerprint density at radius 3 is 2.78 bits per heavy atom. The zero-order chi connectivity index (χ0) is 13.9. The molecule has 0 radical (unpaired) electrons. The Bertz CT molecular complexity index is 525. The predicted octanol–water partition coefficient (Wildman–Crippen LogP) is 0.328. The minimum absolute atomic E-state index is 0.0214. The van der Waals surface area contributed by atoms with Gasteiger partial charge in [0.25, 0.3) is 10.0 Å². The number of ether oxygens (including phenoxy) is 1. The second kappa shape index (κ2) is 6.17.